The van der Waals surface area contributed by atoms with E-state index in [9.17, 15) is 4.79 Å². The number of carbonyl (C=O) groups excluding carboxylic acids is 1. The van der Waals surface area contributed by atoms with E-state index in [1.165, 1.54) is 0 Å². The lowest BCUT2D eigenvalue weighted by Gasteiger charge is -2.26. The Bertz CT molecular complexity index is 176. The van der Waals surface area contributed by atoms with E-state index in [2.05, 4.69) is 0 Å². The zero-order valence-corrected chi connectivity index (χ0v) is 9.39. The highest BCUT2D eigenvalue weighted by molar-refractivity contribution is 7.99. The summed E-state index contributed by atoms with van der Waals surface area (Å²) in [5, 5.41) is 8.58. The number of amides is 1. The maximum atomic E-state index is 11.4. The summed E-state index contributed by atoms with van der Waals surface area (Å²) in [5.41, 5.74) is 0. The normalized spacial score (nSPS) is 17.5. The van der Waals surface area contributed by atoms with Crippen molar-refractivity contribution in [3.8, 4) is 0 Å². The molecule has 82 valence electrons. The largest absolute Gasteiger partial charge is 0.396 e. The van der Waals surface area contributed by atoms with Gasteiger partial charge in [0.1, 0.15) is 0 Å². The van der Waals surface area contributed by atoms with Crippen molar-refractivity contribution >= 4 is 17.7 Å². The van der Waals surface area contributed by atoms with Crippen LogP contribution in [0.15, 0.2) is 0 Å². The van der Waals surface area contributed by atoms with Gasteiger partial charge in [-0.3, -0.25) is 4.79 Å². The molecule has 0 aliphatic carbocycles. The molecule has 0 spiro atoms. The first-order chi connectivity index (χ1) is 6.84. The molecule has 1 aliphatic heterocycles. The number of aliphatic hydroxyl groups excluding tert-OH is 1. The van der Waals surface area contributed by atoms with Gasteiger partial charge in [-0.1, -0.05) is 0 Å². The number of likely N-dealkylation sites (tertiary alicyclic amines) is 1. The second kappa shape index (κ2) is 7.12. The smallest absolute Gasteiger partial charge is 0.222 e. The van der Waals surface area contributed by atoms with Crippen LogP contribution in [0.25, 0.3) is 0 Å². The first-order valence-corrected chi connectivity index (χ1v) is 6.46. The SMILES string of the molecule is O=C1CCCCN1CCSCCCO. The van der Waals surface area contributed by atoms with Crippen LogP contribution in [0.1, 0.15) is 25.7 Å². The van der Waals surface area contributed by atoms with Crippen LogP contribution in [-0.4, -0.2) is 47.1 Å². The molecule has 4 heteroatoms. The number of hydrogen-bond acceptors (Lipinski definition) is 3. The van der Waals surface area contributed by atoms with Crippen LogP contribution in [0.3, 0.4) is 0 Å². The molecule has 1 rings (SSSR count). The van der Waals surface area contributed by atoms with Gasteiger partial charge in [0.2, 0.25) is 5.91 Å². The van der Waals surface area contributed by atoms with Gasteiger partial charge in [-0.25, -0.2) is 0 Å². The predicted molar refractivity (Wildman–Crippen MR) is 59.5 cm³/mol. The molecule has 0 saturated carbocycles. The van der Waals surface area contributed by atoms with E-state index in [1.807, 2.05) is 16.7 Å². The maximum absolute atomic E-state index is 11.4. The first kappa shape index (κ1) is 11.9. The van der Waals surface area contributed by atoms with Crippen LogP contribution < -0.4 is 0 Å². The summed E-state index contributed by atoms with van der Waals surface area (Å²) in [4.78, 5) is 13.4. The number of hydrogen-bond donors (Lipinski definition) is 1. The lowest BCUT2D eigenvalue weighted by Crippen LogP contribution is -2.36. The van der Waals surface area contributed by atoms with Crippen molar-refractivity contribution in [2.24, 2.45) is 0 Å². The number of thioether (sulfide) groups is 1. The Kier molecular flexibility index (Phi) is 6.03. The fourth-order valence-corrected chi connectivity index (χ4v) is 2.43. The van der Waals surface area contributed by atoms with Crippen LogP contribution >= 0.6 is 11.8 Å². The Hall–Kier alpha value is -0.220. The molecule has 1 aliphatic rings. The third kappa shape index (κ3) is 4.33. The molecule has 0 aromatic carbocycles. The van der Waals surface area contributed by atoms with E-state index in [-0.39, 0.29) is 6.61 Å². The third-order valence-electron chi connectivity index (χ3n) is 2.37. The first-order valence-electron chi connectivity index (χ1n) is 5.31. The van der Waals surface area contributed by atoms with Crippen molar-refractivity contribution in [3.05, 3.63) is 0 Å². The monoisotopic (exact) mass is 217 g/mol. The van der Waals surface area contributed by atoms with E-state index in [0.717, 1.165) is 50.3 Å². The topological polar surface area (TPSA) is 40.5 Å². The molecule has 14 heavy (non-hydrogen) atoms. The van der Waals surface area contributed by atoms with Crippen molar-refractivity contribution in [1.82, 2.24) is 4.90 Å². The van der Waals surface area contributed by atoms with Crippen molar-refractivity contribution < 1.29 is 9.90 Å². The highest BCUT2D eigenvalue weighted by atomic mass is 32.2. The van der Waals surface area contributed by atoms with Crippen molar-refractivity contribution in [3.63, 3.8) is 0 Å². The van der Waals surface area contributed by atoms with Crippen molar-refractivity contribution in [1.29, 1.82) is 0 Å². The Labute approximate surface area is 89.9 Å². The van der Waals surface area contributed by atoms with Gasteiger partial charge >= 0.3 is 0 Å². The minimum absolute atomic E-state index is 0.273. The van der Waals surface area contributed by atoms with Crippen LogP contribution in [0.5, 0.6) is 0 Å². The summed E-state index contributed by atoms with van der Waals surface area (Å²) in [6.45, 7) is 2.10. The summed E-state index contributed by atoms with van der Waals surface area (Å²) in [5.74, 6) is 2.32. The van der Waals surface area contributed by atoms with E-state index >= 15 is 0 Å². The Morgan fingerprint density at radius 2 is 2.21 bits per heavy atom. The highest BCUT2D eigenvalue weighted by Crippen LogP contribution is 2.11. The number of carbonyl (C=O) groups is 1. The van der Waals surface area contributed by atoms with Gasteiger partial charge in [-0.15, -0.1) is 0 Å². The predicted octanol–water partition coefficient (Wildman–Crippen LogP) is 1.11. The summed E-state index contributed by atoms with van der Waals surface area (Å²) >= 11 is 1.82. The quantitative estimate of drug-likeness (QED) is 0.678. The van der Waals surface area contributed by atoms with E-state index in [4.69, 9.17) is 5.11 Å². The van der Waals surface area contributed by atoms with Gasteiger partial charge < -0.3 is 10.0 Å². The van der Waals surface area contributed by atoms with Crippen molar-refractivity contribution in [2.75, 3.05) is 31.2 Å². The second-order valence-electron chi connectivity index (χ2n) is 3.53. The molecule has 0 bridgehead atoms. The van der Waals surface area contributed by atoms with E-state index < -0.39 is 0 Å². The molecule has 0 aromatic rings. The van der Waals surface area contributed by atoms with Crippen LogP contribution in [0.2, 0.25) is 0 Å². The molecule has 0 radical (unpaired) electrons. The molecule has 1 amide bonds. The third-order valence-corrected chi connectivity index (χ3v) is 3.42. The molecular weight excluding hydrogens is 198 g/mol. The van der Waals surface area contributed by atoms with Gasteiger partial charge in [0, 0.05) is 31.9 Å². The standard InChI is InChI=1S/C10H19NO2S/c12-7-3-8-14-9-6-11-5-2-1-4-10(11)13/h12H,1-9H2. The maximum Gasteiger partial charge on any atom is 0.222 e. The summed E-state index contributed by atoms with van der Waals surface area (Å²) in [6, 6.07) is 0. The molecule has 3 nitrogen and oxygen atoms in total. The number of rotatable bonds is 6. The number of nitrogens with zero attached hydrogens (tertiary/aromatic N) is 1. The summed E-state index contributed by atoms with van der Waals surface area (Å²) in [7, 11) is 0. The summed E-state index contributed by atoms with van der Waals surface area (Å²) < 4.78 is 0. The molecule has 1 N–H and O–H groups in total. The molecule has 0 aromatic heterocycles. The summed E-state index contributed by atoms with van der Waals surface area (Å²) in [6.07, 6.45) is 3.82. The van der Waals surface area contributed by atoms with Crippen LogP contribution in [0, 0.1) is 0 Å². The number of piperidine rings is 1. The van der Waals surface area contributed by atoms with Crippen LogP contribution in [-0.2, 0) is 4.79 Å². The minimum Gasteiger partial charge on any atom is -0.396 e. The average Bonchev–Trinajstić information content (AvgIpc) is 2.20. The molecule has 1 fully saturated rings. The van der Waals surface area contributed by atoms with Crippen molar-refractivity contribution in [2.45, 2.75) is 25.7 Å². The van der Waals surface area contributed by atoms with Crippen LogP contribution in [0.4, 0.5) is 0 Å². The van der Waals surface area contributed by atoms with Gasteiger partial charge in [-0.2, -0.15) is 11.8 Å². The van der Waals surface area contributed by atoms with Gasteiger partial charge in [0.15, 0.2) is 0 Å². The highest BCUT2D eigenvalue weighted by Gasteiger charge is 2.16. The van der Waals surface area contributed by atoms with Gasteiger partial charge in [0.25, 0.3) is 0 Å². The Balaban J connectivity index is 2.02. The molecular formula is C10H19NO2S. The van der Waals surface area contributed by atoms with Gasteiger partial charge in [-0.05, 0) is 25.0 Å². The fraction of sp³-hybridized carbons (Fsp3) is 0.900. The number of aliphatic hydroxyl groups is 1. The zero-order chi connectivity index (χ0) is 10.2. The Morgan fingerprint density at radius 1 is 1.36 bits per heavy atom. The molecule has 0 unspecified atom stereocenters. The fourth-order valence-electron chi connectivity index (χ4n) is 1.54. The Morgan fingerprint density at radius 3 is 2.93 bits per heavy atom. The van der Waals surface area contributed by atoms with E-state index in [0.29, 0.717) is 5.91 Å². The molecule has 1 saturated heterocycles. The van der Waals surface area contributed by atoms with E-state index in [1.54, 1.807) is 0 Å². The van der Waals surface area contributed by atoms with Gasteiger partial charge in [0.05, 0.1) is 0 Å². The molecule has 0 atom stereocenters. The molecule has 1 heterocycles. The minimum atomic E-state index is 0.273. The lowest BCUT2D eigenvalue weighted by atomic mass is 10.1. The lowest BCUT2D eigenvalue weighted by molar-refractivity contribution is -0.132. The average molecular weight is 217 g/mol. The zero-order valence-electron chi connectivity index (χ0n) is 8.57. The second-order valence-corrected chi connectivity index (χ2v) is 4.75.